The molecule has 3 N–H and O–H groups in total. The molecule has 0 saturated heterocycles. The molecule has 0 bridgehead atoms. The number of benzene rings is 2. The van der Waals surface area contributed by atoms with E-state index in [-0.39, 0.29) is 11.2 Å². The van der Waals surface area contributed by atoms with Gasteiger partial charge in [-0.15, -0.1) is 11.8 Å². The Kier molecular flexibility index (Phi) is 6.29. The van der Waals surface area contributed by atoms with E-state index in [1.165, 1.54) is 18.0 Å². The van der Waals surface area contributed by atoms with Gasteiger partial charge in [0.1, 0.15) is 5.75 Å². The minimum Gasteiger partial charge on any atom is -0.439 e. The number of nitrogens with two attached hydrogens (primary N) is 1. The second kappa shape index (κ2) is 9.05. The normalized spacial score (nSPS) is 11.5. The van der Waals surface area contributed by atoms with Gasteiger partial charge >= 0.3 is 0 Å². The number of hydrogen-bond donors (Lipinski definition) is 2. The van der Waals surface area contributed by atoms with Gasteiger partial charge < -0.3 is 15.8 Å². The number of nitrogens with one attached hydrogen (secondary N) is 1. The Bertz CT molecular complexity index is 962. The lowest BCUT2D eigenvalue weighted by Gasteiger charge is -2.12. The van der Waals surface area contributed by atoms with Crippen molar-refractivity contribution in [3.8, 4) is 11.6 Å². The van der Waals surface area contributed by atoms with E-state index < -0.39 is 5.91 Å². The Labute approximate surface area is 167 Å². The summed E-state index contributed by atoms with van der Waals surface area (Å²) in [5.41, 5.74) is 6.19. The molecule has 6 nitrogen and oxygen atoms in total. The summed E-state index contributed by atoms with van der Waals surface area (Å²) in [4.78, 5) is 28.8. The molecule has 1 atom stereocenters. The van der Waals surface area contributed by atoms with E-state index in [9.17, 15) is 9.59 Å². The fourth-order valence-corrected chi connectivity index (χ4v) is 3.24. The third-order valence-corrected chi connectivity index (χ3v) is 4.88. The van der Waals surface area contributed by atoms with Crippen LogP contribution in [0.1, 0.15) is 17.3 Å². The largest absolute Gasteiger partial charge is 0.439 e. The molecule has 0 fully saturated rings. The second-order valence-corrected chi connectivity index (χ2v) is 7.36. The van der Waals surface area contributed by atoms with Crippen molar-refractivity contribution in [1.29, 1.82) is 0 Å². The van der Waals surface area contributed by atoms with E-state index in [0.717, 1.165) is 4.90 Å². The average Bonchev–Trinajstić information content (AvgIpc) is 2.70. The molecule has 0 saturated carbocycles. The zero-order valence-electron chi connectivity index (χ0n) is 15.2. The SMILES string of the molecule is CC(Sc1ccccc1)C(=O)Nc1ccc(Oc2cccc(C(N)=O)c2)nc1. The monoisotopic (exact) mass is 393 g/mol. The van der Waals surface area contributed by atoms with Gasteiger partial charge in [0.05, 0.1) is 17.1 Å². The smallest absolute Gasteiger partial charge is 0.248 e. The van der Waals surface area contributed by atoms with Crippen LogP contribution < -0.4 is 15.8 Å². The van der Waals surface area contributed by atoms with E-state index in [1.54, 1.807) is 36.4 Å². The van der Waals surface area contributed by atoms with Crippen molar-refractivity contribution >= 4 is 29.3 Å². The molecule has 28 heavy (non-hydrogen) atoms. The molecular formula is C21H19N3O3S. The molecule has 0 aliphatic carbocycles. The van der Waals surface area contributed by atoms with E-state index in [0.29, 0.717) is 22.9 Å². The molecule has 1 unspecified atom stereocenters. The van der Waals surface area contributed by atoms with Crippen LogP contribution in [0.4, 0.5) is 5.69 Å². The maximum absolute atomic E-state index is 12.4. The molecule has 2 aromatic carbocycles. The number of anilines is 1. The first kappa shape index (κ1) is 19.4. The molecule has 0 aliphatic heterocycles. The van der Waals surface area contributed by atoms with Crippen molar-refractivity contribution in [2.24, 2.45) is 5.73 Å². The van der Waals surface area contributed by atoms with Crippen LogP contribution in [0.15, 0.2) is 77.8 Å². The molecule has 3 rings (SSSR count). The van der Waals surface area contributed by atoms with E-state index in [4.69, 9.17) is 10.5 Å². The number of hydrogen-bond acceptors (Lipinski definition) is 5. The summed E-state index contributed by atoms with van der Waals surface area (Å²) in [5.74, 6) is 0.150. The number of aromatic nitrogens is 1. The van der Waals surface area contributed by atoms with E-state index >= 15 is 0 Å². The number of pyridine rings is 1. The third kappa shape index (κ3) is 5.34. The molecule has 0 aliphatic rings. The Balaban J connectivity index is 1.59. The number of nitrogens with zero attached hydrogens (tertiary/aromatic N) is 1. The fourth-order valence-electron chi connectivity index (χ4n) is 2.35. The third-order valence-electron chi connectivity index (χ3n) is 3.77. The highest BCUT2D eigenvalue weighted by Crippen LogP contribution is 2.25. The van der Waals surface area contributed by atoms with Gasteiger partial charge in [0.25, 0.3) is 0 Å². The first-order valence-electron chi connectivity index (χ1n) is 8.57. The van der Waals surface area contributed by atoms with Gasteiger partial charge in [-0.25, -0.2) is 4.98 Å². The maximum Gasteiger partial charge on any atom is 0.248 e. The highest BCUT2D eigenvalue weighted by Gasteiger charge is 2.14. The summed E-state index contributed by atoms with van der Waals surface area (Å²) in [7, 11) is 0. The number of ether oxygens (including phenoxy) is 1. The molecule has 1 heterocycles. The second-order valence-electron chi connectivity index (χ2n) is 5.94. The lowest BCUT2D eigenvalue weighted by atomic mass is 10.2. The van der Waals surface area contributed by atoms with Gasteiger partial charge in [-0.05, 0) is 43.3 Å². The Morgan fingerprint density at radius 2 is 1.86 bits per heavy atom. The molecule has 7 heteroatoms. The first-order chi connectivity index (χ1) is 13.5. The lowest BCUT2D eigenvalue weighted by Crippen LogP contribution is -2.22. The van der Waals surface area contributed by atoms with Crippen molar-refractivity contribution in [3.63, 3.8) is 0 Å². The number of carbonyl (C=O) groups is 2. The molecule has 0 radical (unpaired) electrons. The van der Waals surface area contributed by atoms with Crippen molar-refractivity contribution in [2.75, 3.05) is 5.32 Å². The van der Waals surface area contributed by atoms with Gasteiger partial charge in [0, 0.05) is 16.5 Å². The van der Waals surface area contributed by atoms with Crippen LogP contribution >= 0.6 is 11.8 Å². The molecule has 3 aromatic rings. The summed E-state index contributed by atoms with van der Waals surface area (Å²) >= 11 is 1.48. The predicted molar refractivity (Wildman–Crippen MR) is 110 cm³/mol. The Morgan fingerprint density at radius 1 is 1.07 bits per heavy atom. The summed E-state index contributed by atoms with van der Waals surface area (Å²) in [6.07, 6.45) is 1.52. The molecular weight excluding hydrogens is 374 g/mol. The van der Waals surface area contributed by atoms with Crippen LogP contribution in [-0.4, -0.2) is 22.0 Å². The molecule has 142 valence electrons. The molecule has 2 amide bonds. The highest BCUT2D eigenvalue weighted by molar-refractivity contribution is 8.00. The van der Waals surface area contributed by atoms with Crippen molar-refractivity contribution in [1.82, 2.24) is 4.98 Å². The maximum atomic E-state index is 12.4. The van der Waals surface area contributed by atoms with Crippen molar-refractivity contribution < 1.29 is 14.3 Å². The van der Waals surface area contributed by atoms with Crippen LogP contribution in [0.25, 0.3) is 0 Å². The molecule has 0 spiro atoms. The van der Waals surface area contributed by atoms with Gasteiger partial charge in [0.15, 0.2) is 0 Å². The number of primary amides is 1. The predicted octanol–water partition coefficient (Wildman–Crippen LogP) is 4.09. The lowest BCUT2D eigenvalue weighted by molar-refractivity contribution is -0.115. The van der Waals surface area contributed by atoms with Crippen LogP contribution in [0.3, 0.4) is 0 Å². The van der Waals surface area contributed by atoms with Gasteiger partial charge in [0.2, 0.25) is 17.7 Å². The minimum atomic E-state index is -0.529. The number of thioether (sulfide) groups is 1. The summed E-state index contributed by atoms with van der Waals surface area (Å²) in [5, 5.41) is 2.58. The fraction of sp³-hybridized carbons (Fsp3) is 0.0952. The quantitative estimate of drug-likeness (QED) is 0.590. The summed E-state index contributed by atoms with van der Waals surface area (Å²) < 4.78 is 5.62. The van der Waals surface area contributed by atoms with E-state index in [1.807, 2.05) is 37.3 Å². The summed E-state index contributed by atoms with van der Waals surface area (Å²) in [6, 6.07) is 19.6. The van der Waals surface area contributed by atoms with Gasteiger partial charge in [-0.2, -0.15) is 0 Å². The minimum absolute atomic E-state index is 0.113. The Hall–Kier alpha value is -3.32. The van der Waals surface area contributed by atoms with Crippen LogP contribution in [0.2, 0.25) is 0 Å². The zero-order chi connectivity index (χ0) is 19.9. The van der Waals surface area contributed by atoms with Crippen LogP contribution in [-0.2, 0) is 4.79 Å². The van der Waals surface area contributed by atoms with Crippen LogP contribution in [0, 0.1) is 0 Å². The number of rotatable bonds is 7. The number of carbonyl (C=O) groups excluding carboxylic acids is 2. The van der Waals surface area contributed by atoms with Crippen LogP contribution in [0.5, 0.6) is 11.6 Å². The Morgan fingerprint density at radius 3 is 2.54 bits per heavy atom. The van der Waals surface area contributed by atoms with Gasteiger partial charge in [-0.1, -0.05) is 24.3 Å². The average molecular weight is 393 g/mol. The van der Waals surface area contributed by atoms with E-state index in [2.05, 4.69) is 10.3 Å². The van der Waals surface area contributed by atoms with Gasteiger partial charge in [-0.3, -0.25) is 9.59 Å². The topological polar surface area (TPSA) is 94.3 Å². The standard InChI is InChI=1S/C21H19N3O3S/c1-14(28-18-8-3-2-4-9-18)21(26)24-16-10-11-19(23-13-16)27-17-7-5-6-15(12-17)20(22)25/h2-14H,1H3,(H2,22,25)(H,24,26). The first-order valence-corrected chi connectivity index (χ1v) is 9.45. The zero-order valence-corrected chi connectivity index (χ0v) is 16.0. The highest BCUT2D eigenvalue weighted by atomic mass is 32.2. The summed E-state index contributed by atoms with van der Waals surface area (Å²) in [6.45, 7) is 1.85. The van der Waals surface area contributed by atoms with Crippen molar-refractivity contribution in [3.05, 3.63) is 78.5 Å². The molecule has 1 aromatic heterocycles. The van der Waals surface area contributed by atoms with Crippen molar-refractivity contribution in [2.45, 2.75) is 17.1 Å². The number of amides is 2.